The highest BCUT2D eigenvalue weighted by molar-refractivity contribution is 5.65. The molecule has 0 fully saturated rings. The number of rotatable bonds is 3. The first-order valence-corrected chi connectivity index (χ1v) is 6.92. The highest BCUT2D eigenvalue weighted by atomic mass is 16.3. The van der Waals surface area contributed by atoms with E-state index in [9.17, 15) is 5.11 Å². The van der Waals surface area contributed by atoms with E-state index in [1.165, 1.54) is 4.68 Å². The molecular weight excluding hydrogens is 282 g/mol. The molecule has 8 heteroatoms. The van der Waals surface area contributed by atoms with Gasteiger partial charge in [0.25, 0.3) is 5.69 Å². The summed E-state index contributed by atoms with van der Waals surface area (Å²) in [6.07, 6.45) is 0.634. The van der Waals surface area contributed by atoms with Crippen LogP contribution in [0.4, 0.5) is 17.2 Å². The molecule has 2 N–H and O–H groups in total. The molecule has 0 unspecified atom stereocenters. The van der Waals surface area contributed by atoms with Crippen LogP contribution in [0.5, 0.6) is 5.88 Å². The quantitative estimate of drug-likeness (QED) is 0.668. The molecule has 0 saturated carbocycles. The van der Waals surface area contributed by atoms with Crippen molar-refractivity contribution in [3.05, 3.63) is 22.8 Å². The lowest BCUT2D eigenvalue weighted by Crippen LogP contribution is -2.12. The molecule has 2 aromatic heterocycles. The van der Waals surface area contributed by atoms with E-state index in [1.54, 1.807) is 7.05 Å². The summed E-state index contributed by atoms with van der Waals surface area (Å²) in [7, 11) is 1.64. The molecule has 22 heavy (non-hydrogen) atoms. The van der Waals surface area contributed by atoms with Gasteiger partial charge >= 0.3 is 0 Å². The number of H-pyrrole nitrogens is 1. The van der Waals surface area contributed by atoms with E-state index in [0.29, 0.717) is 29.2 Å². The second-order valence-corrected chi connectivity index (χ2v) is 5.93. The van der Waals surface area contributed by atoms with Crippen LogP contribution in [0.15, 0.2) is 10.2 Å². The Morgan fingerprint density at radius 2 is 2.05 bits per heavy atom. The Bertz CT molecular complexity index is 755. The van der Waals surface area contributed by atoms with Crippen LogP contribution < -0.4 is 0 Å². The summed E-state index contributed by atoms with van der Waals surface area (Å²) in [6.45, 7) is 15.1. The smallest absolute Gasteiger partial charge is 0.254 e. The van der Waals surface area contributed by atoms with Crippen LogP contribution in [-0.4, -0.2) is 25.1 Å². The molecule has 0 aliphatic carbocycles. The summed E-state index contributed by atoms with van der Waals surface area (Å²) in [5.74, 6) is 0.225. The van der Waals surface area contributed by atoms with Crippen LogP contribution in [0.3, 0.4) is 0 Å². The van der Waals surface area contributed by atoms with Gasteiger partial charge in [0, 0.05) is 12.5 Å². The SMILES string of the molecule is [C-]#[N+]c1c(CC)n[nH]c1/N=N/c1c(C(C)(C)C)nn(C)c1O. The average molecular weight is 301 g/mol. The van der Waals surface area contributed by atoms with Gasteiger partial charge in [-0.1, -0.05) is 27.7 Å². The molecule has 2 rings (SSSR count). The average Bonchev–Trinajstić information content (AvgIpc) is 2.98. The Hall–Kier alpha value is -2.69. The van der Waals surface area contributed by atoms with Crippen molar-refractivity contribution in [2.45, 2.75) is 39.5 Å². The molecule has 0 amide bonds. The van der Waals surface area contributed by atoms with Gasteiger partial charge in [-0.05, 0) is 6.42 Å². The fourth-order valence-electron chi connectivity index (χ4n) is 2.00. The van der Waals surface area contributed by atoms with Gasteiger partial charge in [-0.25, -0.2) is 9.53 Å². The summed E-state index contributed by atoms with van der Waals surface area (Å²) in [5.41, 5.74) is 1.65. The number of azo groups is 1. The van der Waals surface area contributed by atoms with Gasteiger partial charge in [0.2, 0.25) is 5.88 Å². The van der Waals surface area contributed by atoms with Crippen LogP contribution in [0.25, 0.3) is 4.85 Å². The number of nitrogens with zero attached hydrogens (tertiary/aromatic N) is 6. The Labute approximate surface area is 128 Å². The van der Waals surface area contributed by atoms with Crippen molar-refractivity contribution in [1.29, 1.82) is 0 Å². The zero-order valence-electron chi connectivity index (χ0n) is 13.3. The maximum absolute atomic E-state index is 10.1. The van der Waals surface area contributed by atoms with E-state index in [0.717, 1.165) is 0 Å². The zero-order valence-corrected chi connectivity index (χ0v) is 13.3. The number of aromatic hydroxyl groups is 1. The highest BCUT2D eigenvalue weighted by Gasteiger charge is 2.26. The monoisotopic (exact) mass is 301 g/mol. The molecular formula is C14H19N7O. The molecule has 2 heterocycles. The minimum Gasteiger partial charge on any atom is -0.492 e. The Balaban J connectivity index is 2.48. The fourth-order valence-corrected chi connectivity index (χ4v) is 2.00. The molecule has 0 spiro atoms. The van der Waals surface area contributed by atoms with Gasteiger partial charge < -0.3 is 5.11 Å². The molecule has 0 saturated heterocycles. The second kappa shape index (κ2) is 5.60. The standard InChI is InChI=1S/C14H19N7O/c1-7-8-9(15-5)12(18-16-8)19-17-10-11(14(2,3)4)20-21(6)13(10)22/h22H,7H2,1-4,6H3,(H,16,18)/b19-17+. The van der Waals surface area contributed by atoms with Gasteiger partial charge in [0.15, 0.2) is 11.5 Å². The third kappa shape index (κ3) is 2.70. The van der Waals surface area contributed by atoms with E-state index in [4.69, 9.17) is 6.57 Å². The molecule has 0 atom stereocenters. The van der Waals surface area contributed by atoms with E-state index in [-0.39, 0.29) is 17.1 Å². The van der Waals surface area contributed by atoms with Crippen LogP contribution in [-0.2, 0) is 18.9 Å². The third-order valence-electron chi connectivity index (χ3n) is 3.19. The van der Waals surface area contributed by atoms with Crippen molar-refractivity contribution in [2.24, 2.45) is 17.3 Å². The van der Waals surface area contributed by atoms with Gasteiger partial charge in [0.1, 0.15) is 0 Å². The Morgan fingerprint density at radius 3 is 2.59 bits per heavy atom. The van der Waals surface area contributed by atoms with Crippen molar-refractivity contribution in [3.8, 4) is 5.88 Å². The zero-order chi connectivity index (χ0) is 16.5. The normalized spacial score (nSPS) is 12.0. The van der Waals surface area contributed by atoms with Crippen molar-refractivity contribution >= 4 is 17.2 Å². The number of aryl methyl sites for hydroxylation is 2. The summed E-state index contributed by atoms with van der Waals surface area (Å²) in [5, 5.41) is 29.3. The minimum atomic E-state index is -0.293. The molecule has 0 radical (unpaired) electrons. The van der Waals surface area contributed by atoms with E-state index >= 15 is 0 Å². The second-order valence-electron chi connectivity index (χ2n) is 5.93. The number of aromatic amines is 1. The van der Waals surface area contributed by atoms with E-state index in [1.807, 2.05) is 27.7 Å². The third-order valence-corrected chi connectivity index (χ3v) is 3.19. The van der Waals surface area contributed by atoms with E-state index in [2.05, 4.69) is 30.4 Å². The highest BCUT2D eigenvalue weighted by Crippen LogP contribution is 2.39. The number of hydrogen-bond donors (Lipinski definition) is 2. The molecule has 0 aliphatic rings. The summed E-state index contributed by atoms with van der Waals surface area (Å²) >= 11 is 0. The maximum Gasteiger partial charge on any atom is 0.254 e. The van der Waals surface area contributed by atoms with Crippen LogP contribution in [0.1, 0.15) is 39.1 Å². The van der Waals surface area contributed by atoms with Crippen molar-refractivity contribution in [1.82, 2.24) is 20.0 Å². The lowest BCUT2D eigenvalue weighted by molar-refractivity contribution is 0.419. The number of aromatic nitrogens is 4. The number of nitrogens with one attached hydrogen (secondary N) is 1. The first-order valence-electron chi connectivity index (χ1n) is 6.92. The predicted octanol–water partition coefficient (Wildman–Crippen LogP) is 3.67. The first-order chi connectivity index (χ1) is 10.3. The Morgan fingerprint density at radius 1 is 1.36 bits per heavy atom. The van der Waals surface area contributed by atoms with Gasteiger partial charge in [0.05, 0.1) is 18.0 Å². The molecule has 0 aliphatic heterocycles. The Kier molecular flexibility index (Phi) is 3.99. The van der Waals surface area contributed by atoms with Crippen LogP contribution in [0, 0.1) is 6.57 Å². The molecule has 0 aromatic carbocycles. The maximum atomic E-state index is 10.1. The lowest BCUT2D eigenvalue weighted by Gasteiger charge is -2.14. The minimum absolute atomic E-state index is 0.0618. The lowest BCUT2D eigenvalue weighted by atomic mass is 9.91. The molecule has 8 nitrogen and oxygen atoms in total. The van der Waals surface area contributed by atoms with Gasteiger partial charge in [-0.2, -0.15) is 10.2 Å². The first kappa shape index (κ1) is 15.7. The molecule has 2 aromatic rings. The van der Waals surface area contributed by atoms with Crippen molar-refractivity contribution in [2.75, 3.05) is 0 Å². The van der Waals surface area contributed by atoms with Gasteiger partial charge in [-0.15, -0.1) is 10.2 Å². The molecule has 116 valence electrons. The van der Waals surface area contributed by atoms with Crippen LogP contribution in [0.2, 0.25) is 0 Å². The topological polar surface area (TPSA) is 95.8 Å². The fraction of sp³-hybridized carbons (Fsp3) is 0.500. The summed E-state index contributed by atoms with van der Waals surface area (Å²) in [6, 6.07) is 0. The van der Waals surface area contributed by atoms with Crippen molar-refractivity contribution in [3.63, 3.8) is 0 Å². The largest absolute Gasteiger partial charge is 0.492 e. The van der Waals surface area contributed by atoms with Crippen molar-refractivity contribution < 1.29 is 5.11 Å². The van der Waals surface area contributed by atoms with Crippen LogP contribution >= 0.6 is 0 Å². The predicted molar refractivity (Wildman–Crippen MR) is 82.0 cm³/mol. The molecule has 0 bridgehead atoms. The van der Waals surface area contributed by atoms with E-state index < -0.39 is 0 Å². The number of hydrogen-bond acceptors (Lipinski definition) is 5. The summed E-state index contributed by atoms with van der Waals surface area (Å²) in [4.78, 5) is 3.43. The van der Waals surface area contributed by atoms with Gasteiger partial charge in [-0.3, -0.25) is 5.10 Å². The summed E-state index contributed by atoms with van der Waals surface area (Å²) < 4.78 is 1.36.